The van der Waals surface area contributed by atoms with Crippen molar-refractivity contribution < 1.29 is 4.79 Å². The third-order valence-electron chi connectivity index (χ3n) is 8.88. The molecule has 34 heavy (non-hydrogen) atoms. The van der Waals surface area contributed by atoms with Crippen LogP contribution in [-0.4, -0.2) is 88.2 Å². The highest BCUT2D eigenvalue weighted by Crippen LogP contribution is 2.59. The zero-order valence-corrected chi connectivity index (χ0v) is 22.4. The van der Waals surface area contributed by atoms with Gasteiger partial charge in [0.25, 0.3) is 0 Å². The van der Waals surface area contributed by atoms with E-state index in [9.17, 15) is 4.79 Å². The average Bonchev–Trinajstić information content (AvgIpc) is 3.02. The minimum atomic E-state index is -0.0337. The molecule has 0 radical (unpaired) electrons. The van der Waals surface area contributed by atoms with Gasteiger partial charge in [-0.3, -0.25) is 9.69 Å². The molecule has 2 saturated heterocycles. The number of likely N-dealkylation sites (N-methyl/N-ethyl adjacent to an activating group) is 1. The van der Waals surface area contributed by atoms with E-state index in [4.69, 9.17) is 0 Å². The summed E-state index contributed by atoms with van der Waals surface area (Å²) >= 11 is 1.77. The predicted octanol–water partition coefficient (Wildman–Crippen LogP) is 3.78. The number of likely N-dealkylation sites (tertiary alicyclic amines) is 1. The normalized spacial score (nSPS) is 31.7. The van der Waals surface area contributed by atoms with Crippen LogP contribution >= 0.6 is 11.8 Å². The summed E-state index contributed by atoms with van der Waals surface area (Å²) in [6, 6.07) is 1.99. The molecule has 186 valence electrons. The number of carbonyl (C=O) groups is 1. The molecule has 5 aliphatic rings. The number of fused-ring (bicyclic) bond motifs is 1. The molecule has 1 aromatic rings. The van der Waals surface area contributed by atoms with Crippen LogP contribution in [0.5, 0.6) is 0 Å². The standard InChI is InChI=1S/C27H41N5OS/c1-18-13-19(2)29-26(28-18)34-22-15-24(25(33)31-10-6-9-30(5)11-12-31)32(17-22)16-20-7-8-21-14-23(20)27(21,3)4/h7,13,21-24H,6,8-12,14-17H2,1-5H3/t21-,22+,23-,24-/m0/s1. The minimum absolute atomic E-state index is 0.0337. The fraction of sp³-hybridized carbons (Fsp3) is 0.741. The van der Waals surface area contributed by atoms with Crippen molar-refractivity contribution in [3.63, 3.8) is 0 Å². The summed E-state index contributed by atoms with van der Waals surface area (Å²) in [7, 11) is 2.16. The summed E-state index contributed by atoms with van der Waals surface area (Å²) in [6.07, 6.45) is 6.99. The first-order valence-corrected chi connectivity index (χ1v) is 14.0. The van der Waals surface area contributed by atoms with Gasteiger partial charge in [-0.2, -0.15) is 0 Å². The number of carbonyl (C=O) groups excluding carboxylic acids is 1. The molecule has 0 spiro atoms. The number of aryl methyl sites for hydroxylation is 2. The van der Waals surface area contributed by atoms with E-state index in [1.165, 1.54) is 12.8 Å². The summed E-state index contributed by atoms with van der Waals surface area (Å²) in [5.41, 5.74) is 4.02. The highest BCUT2D eigenvalue weighted by Gasteiger charge is 2.52. The Hall–Kier alpha value is -1.44. The summed E-state index contributed by atoms with van der Waals surface area (Å²) < 4.78 is 0. The van der Waals surface area contributed by atoms with E-state index in [-0.39, 0.29) is 6.04 Å². The molecule has 2 aliphatic heterocycles. The topological polar surface area (TPSA) is 52.6 Å². The molecule has 1 amide bonds. The molecular formula is C27H41N5OS. The van der Waals surface area contributed by atoms with Gasteiger partial charge in [-0.25, -0.2) is 9.97 Å². The third kappa shape index (κ3) is 4.80. The highest BCUT2D eigenvalue weighted by molar-refractivity contribution is 7.99. The lowest BCUT2D eigenvalue weighted by Crippen LogP contribution is -2.52. The van der Waals surface area contributed by atoms with E-state index in [1.54, 1.807) is 17.3 Å². The van der Waals surface area contributed by atoms with Crippen LogP contribution in [0.3, 0.4) is 0 Å². The van der Waals surface area contributed by atoms with Crippen LogP contribution in [0.1, 0.15) is 50.9 Å². The molecule has 6 nitrogen and oxygen atoms in total. The van der Waals surface area contributed by atoms with Crippen molar-refractivity contribution in [2.45, 2.75) is 69.8 Å². The van der Waals surface area contributed by atoms with Gasteiger partial charge in [-0.1, -0.05) is 37.3 Å². The predicted molar refractivity (Wildman–Crippen MR) is 138 cm³/mol. The number of thioether (sulfide) groups is 1. The van der Waals surface area contributed by atoms with Gasteiger partial charge in [0, 0.05) is 49.4 Å². The number of hydrogen-bond acceptors (Lipinski definition) is 6. The maximum absolute atomic E-state index is 13.8. The van der Waals surface area contributed by atoms with Gasteiger partial charge in [0.1, 0.15) is 0 Å². The van der Waals surface area contributed by atoms with Gasteiger partial charge in [-0.15, -0.1) is 0 Å². The van der Waals surface area contributed by atoms with E-state index in [0.717, 1.165) is 74.6 Å². The van der Waals surface area contributed by atoms with Crippen molar-refractivity contribution in [1.82, 2.24) is 24.7 Å². The largest absolute Gasteiger partial charge is 0.340 e. The quantitative estimate of drug-likeness (QED) is 0.469. The number of amides is 1. The van der Waals surface area contributed by atoms with E-state index in [0.29, 0.717) is 22.5 Å². The molecule has 0 aromatic carbocycles. The zero-order valence-electron chi connectivity index (χ0n) is 21.6. The van der Waals surface area contributed by atoms with E-state index in [2.05, 4.69) is 51.6 Å². The van der Waals surface area contributed by atoms with Crippen molar-refractivity contribution >= 4 is 17.7 Å². The van der Waals surface area contributed by atoms with Gasteiger partial charge in [-0.05, 0) is 76.4 Å². The maximum atomic E-state index is 13.8. The molecule has 3 aliphatic carbocycles. The average molecular weight is 484 g/mol. The van der Waals surface area contributed by atoms with Gasteiger partial charge in [0.2, 0.25) is 5.91 Å². The number of rotatable bonds is 5. The molecular weight excluding hydrogens is 442 g/mol. The minimum Gasteiger partial charge on any atom is -0.340 e. The van der Waals surface area contributed by atoms with E-state index >= 15 is 0 Å². The maximum Gasteiger partial charge on any atom is 0.240 e. The van der Waals surface area contributed by atoms with Crippen LogP contribution in [0.4, 0.5) is 0 Å². The Bertz CT molecular complexity index is 942. The summed E-state index contributed by atoms with van der Waals surface area (Å²) in [6.45, 7) is 14.6. The first-order chi connectivity index (χ1) is 16.2. The van der Waals surface area contributed by atoms with Crippen LogP contribution in [0.2, 0.25) is 0 Å². The third-order valence-corrected chi connectivity index (χ3v) is 9.95. The molecule has 2 bridgehead atoms. The van der Waals surface area contributed by atoms with E-state index in [1.807, 2.05) is 19.9 Å². The Balaban J connectivity index is 1.34. The molecule has 1 saturated carbocycles. The summed E-state index contributed by atoms with van der Waals surface area (Å²) in [5.74, 6) is 1.86. The summed E-state index contributed by atoms with van der Waals surface area (Å²) in [5, 5.41) is 1.20. The Morgan fingerprint density at radius 3 is 2.59 bits per heavy atom. The lowest BCUT2D eigenvalue weighted by molar-refractivity contribution is -0.135. The molecule has 6 rings (SSSR count). The monoisotopic (exact) mass is 483 g/mol. The lowest BCUT2D eigenvalue weighted by Gasteiger charge is -2.57. The highest BCUT2D eigenvalue weighted by atomic mass is 32.2. The van der Waals surface area contributed by atoms with Crippen LogP contribution in [-0.2, 0) is 4.79 Å². The van der Waals surface area contributed by atoms with Crippen LogP contribution in [0.25, 0.3) is 0 Å². The van der Waals surface area contributed by atoms with E-state index < -0.39 is 0 Å². The number of allylic oxidation sites excluding steroid dienone is 1. The SMILES string of the molecule is Cc1cc(C)nc(S[C@@H]2C[C@@H](C(=O)N3CCCN(C)CC3)N(CC3=CC[C@H]4C[C@@H]3C4(C)C)C2)n1. The molecule has 4 atom stereocenters. The fourth-order valence-corrected chi connectivity index (χ4v) is 7.88. The first-order valence-electron chi connectivity index (χ1n) is 13.1. The molecule has 1 aromatic heterocycles. The first kappa shape index (κ1) is 24.3. The second kappa shape index (κ2) is 9.55. The van der Waals surface area contributed by atoms with Crippen molar-refractivity contribution in [1.29, 1.82) is 0 Å². The molecule has 3 fully saturated rings. The zero-order chi connectivity index (χ0) is 24.0. The fourth-order valence-electron chi connectivity index (χ4n) is 6.64. The smallest absolute Gasteiger partial charge is 0.240 e. The van der Waals surface area contributed by atoms with Crippen LogP contribution in [0.15, 0.2) is 22.9 Å². The van der Waals surface area contributed by atoms with Gasteiger partial charge in [0.05, 0.1) is 6.04 Å². The van der Waals surface area contributed by atoms with Crippen molar-refractivity contribution in [2.24, 2.45) is 17.3 Å². The second-order valence-corrected chi connectivity index (χ2v) is 12.9. The lowest BCUT2D eigenvalue weighted by atomic mass is 9.49. The second-order valence-electron chi connectivity index (χ2n) is 11.7. The van der Waals surface area contributed by atoms with Gasteiger partial charge in [0.15, 0.2) is 5.16 Å². The Kier molecular flexibility index (Phi) is 6.81. The number of aromatic nitrogens is 2. The molecule has 3 heterocycles. The van der Waals surface area contributed by atoms with Crippen molar-refractivity contribution in [2.75, 3.05) is 46.3 Å². The van der Waals surface area contributed by atoms with Gasteiger partial charge < -0.3 is 9.80 Å². The number of hydrogen-bond donors (Lipinski definition) is 0. The summed E-state index contributed by atoms with van der Waals surface area (Å²) in [4.78, 5) is 30.2. The Morgan fingerprint density at radius 2 is 1.88 bits per heavy atom. The molecule has 7 heteroatoms. The van der Waals surface area contributed by atoms with Crippen molar-refractivity contribution in [3.05, 3.63) is 29.1 Å². The van der Waals surface area contributed by atoms with Crippen LogP contribution < -0.4 is 0 Å². The van der Waals surface area contributed by atoms with Crippen LogP contribution in [0, 0.1) is 31.1 Å². The Labute approximate surface area is 209 Å². The number of nitrogens with zero attached hydrogens (tertiary/aromatic N) is 5. The Morgan fingerprint density at radius 1 is 1.12 bits per heavy atom. The van der Waals surface area contributed by atoms with Crippen molar-refractivity contribution in [3.8, 4) is 0 Å². The molecule has 0 N–H and O–H groups in total. The molecule has 0 unspecified atom stereocenters. The van der Waals surface area contributed by atoms with Gasteiger partial charge >= 0.3 is 0 Å².